The molecule has 0 aliphatic carbocycles. The van der Waals surface area contributed by atoms with Crippen LogP contribution in [0.1, 0.15) is 26.7 Å². The molecule has 0 amide bonds. The van der Waals surface area contributed by atoms with Crippen molar-refractivity contribution < 1.29 is 27.1 Å². The summed E-state index contributed by atoms with van der Waals surface area (Å²) in [5, 5.41) is 4.46. The van der Waals surface area contributed by atoms with Crippen molar-refractivity contribution in [3.05, 3.63) is 54.3 Å². The second-order valence-corrected chi connectivity index (χ2v) is 9.58. The van der Waals surface area contributed by atoms with Gasteiger partial charge in [0.25, 0.3) is 0 Å². The number of nitrogens with zero attached hydrogens (tertiary/aromatic N) is 2. The molecular formula is C24H25FN2O5S. The Balaban J connectivity index is 2.24. The Labute approximate surface area is 192 Å². The molecule has 9 heteroatoms. The fourth-order valence-electron chi connectivity index (χ4n) is 3.22. The number of rotatable bonds is 10. The molecular weight excluding hydrogens is 447 g/mol. The van der Waals surface area contributed by atoms with Crippen molar-refractivity contribution in [3.8, 4) is 28.3 Å². The summed E-state index contributed by atoms with van der Waals surface area (Å²) in [5.74, 6) is -0.488. The van der Waals surface area contributed by atoms with E-state index in [0.717, 1.165) is 6.26 Å². The molecule has 3 aromatic rings. The highest BCUT2D eigenvalue weighted by molar-refractivity contribution is 7.90. The minimum absolute atomic E-state index is 0.0390. The molecule has 0 aliphatic heterocycles. The predicted octanol–water partition coefficient (Wildman–Crippen LogP) is 4.10. The van der Waals surface area contributed by atoms with Crippen molar-refractivity contribution in [1.82, 2.24) is 9.78 Å². The first-order valence-corrected chi connectivity index (χ1v) is 12.4. The summed E-state index contributed by atoms with van der Waals surface area (Å²) in [6.07, 6.45) is 1.70. The van der Waals surface area contributed by atoms with Crippen LogP contribution in [0.25, 0.3) is 22.4 Å². The maximum Gasteiger partial charge on any atom is 0.241 e. The van der Waals surface area contributed by atoms with E-state index in [4.69, 9.17) is 4.74 Å². The van der Waals surface area contributed by atoms with Crippen LogP contribution in [0.15, 0.2) is 53.4 Å². The van der Waals surface area contributed by atoms with Crippen LogP contribution in [0.5, 0.6) is 5.88 Å². The van der Waals surface area contributed by atoms with E-state index in [-0.39, 0.29) is 41.9 Å². The Hall–Kier alpha value is -3.33. The number of benzene rings is 2. The van der Waals surface area contributed by atoms with Crippen molar-refractivity contribution >= 4 is 21.4 Å². The van der Waals surface area contributed by atoms with Crippen LogP contribution in [0, 0.1) is 5.82 Å². The van der Waals surface area contributed by atoms with Gasteiger partial charge in [0.05, 0.1) is 16.2 Å². The lowest BCUT2D eigenvalue weighted by atomic mass is 10.0. The van der Waals surface area contributed by atoms with E-state index in [1.807, 2.05) is 0 Å². The molecule has 174 valence electrons. The van der Waals surface area contributed by atoms with Crippen LogP contribution in [0.2, 0.25) is 0 Å². The molecule has 33 heavy (non-hydrogen) atoms. The minimum Gasteiger partial charge on any atom is -0.468 e. The summed E-state index contributed by atoms with van der Waals surface area (Å²) in [4.78, 5) is 24.3. The van der Waals surface area contributed by atoms with E-state index in [1.165, 1.54) is 28.9 Å². The zero-order valence-electron chi connectivity index (χ0n) is 18.7. The number of ketones is 2. The third-order valence-corrected chi connectivity index (χ3v) is 6.22. The third-order valence-electron chi connectivity index (χ3n) is 5.09. The first kappa shape index (κ1) is 24.3. The molecule has 2 aromatic carbocycles. The molecule has 1 aromatic heterocycles. The molecule has 0 unspecified atom stereocenters. The van der Waals surface area contributed by atoms with Crippen molar-refractivity contribution in [3.63, 3.8) is 0 Å². The van der Waals surface area contributed by atoms with Gasteiger partial charge in [0.15, 0.2) is 21.4 Å². The van der Waals surface area contributed by atoms with Gasteiger partial charge < -0.3 is 4.74 Å². The third kappa shape index (κ3) is 5.73. The van der Waals surface area contributed by atoms with E-state index in [1.54, 1.807) is 38.1 Å². The van der Waals surface area contributed by atoms with Gasteiger partial charge in [0.1, 0.15) is 19.0 Å². The standard InChI is InChI=1S/C24H25FN2O5S/c1-4-19(28)14-27-23(17-6-10-18(25)11-7-17)22(24(26-27)32-15-20(29)5-2)16-8-12-21(13-9-16)33(3,30)31/h6-13H,4-5,14-15H2,1-3H3. The fourth-order valence-corrected chi connectivity index (χ4v) is 3.85. The molecule has 0 bridgehead atoms. The highest BCUT2D eigenvalue weighted by Gasteiger charge is 2.24. The number of ether oxygens (including phenoxy) is 1. The zero-order valence-corrected chi connectivity index (χ0v) is 19.5. The number of hydrogen-bond acceptors (Lipinski definition) is 6. The Kier molecular flexibility index (Phi) is 7.43. The molecule has 3 rings (SSSR count). The number of hydrogen-bond donors (Lipinski definition) is 0. The predicted molar refractivity (Wildman–Crippen MR) is 122 cm³/mol. The van der Waals surface area contributed by atoms with Crippen LogP contribution in [-0.2, 0) is 26.0 Å². The summed E-state index contributed by atoms with van der Waals surface area (Å²) in [7, 11) is -3.40. The molecule has 0 atom stereocenters. The maximum atomic E-state index is 13.6. The SMILES string of the molecule is CCC(=O)COc1nn(CC(=O)CC)c(-c2ccc(F)cc2)c1-c1ccc(S(C)(=O)=O)cc1. The van der Waals surface area contributed by atoms with Gasteiger partial charge in [-0.1, -0.05) is 26.0 Å². The lowest BCUT2D eigenvalue weighted by molar-refractivity contribution is -0.121. The highest BCUT2D eigenvalue weighted by atomic mass is 32.2. The average molecular weight is 473 g/mol. The summed E-state index contributed by atoms with van der Waals surface area (Å²) in [5.41, 5.74) is 2.15. The van der Waals surface area contributed by atoms with Gasteiger partial charge in [-0.25, -0.2) is 12.8 Å². The molecule has 0 aliphatic rings. The molecule has 7 nitrogen and oxygen atoms in total. The number of aromatic nitrogens is 2. The smallest absolute Gasteiger partial charge is 0.241 e. The van der Waals surface area contributed by atoms with Crippen LogP contribution < -0.4 is 4.74 Å². The first-order chi connectivity index (χ1) is 15.6. The number of carbonyl (C=O) groups excluding carboxylic acids is 2. The van der Waals surface area contributed by atoms with Gasteiger partial charge in [-0.2, -0.15) is 0 Å². The molecule has 0 N–H and O–H groups in total. The Bertz CT molecular complexity index is 1260. The maximum absolute atomic E-state index is 13.6. The molecule has 0 radical (unpaired) electrons. The van der Waals surface area contributed by atoms with Crippen molar-refractivity contribution in [2.24, 2.45) is 0 Å². The number of carbonyl (C=O) groups is 2. The first-order valence-electron chi connectivity index (χ1n) is 10.5. The summed E-state index contributed by atoms with van der Waals surface area (Å²) >= 11 is 0. The minimum atomic E-state index is -3.40. The topological polar surface area (TPSA) is 95.3 Å². The van der Waals surface area contributed by atoms with Crippen LogP contribution in [-0.4, -0.2) is 42.6 Å². The number of Topliss-reactive ketones (excluding diaryl/α,β-unsaturated/α-hetero) is 2. The quantitative estimate of drug-likeness (QED) is 0.441. The summed E-state index contributed by atoms with van der Waals surface area (Å²) in [6.45, 7) is 3.22. The summed E-state index contributed by atoms with van der Waals surface area (Å²) < 4.78 is 44.6. The van der Waals surface area contributed by atoms with Gasteiger partial charge in [-0.3, -0.25) is 14.3 Å². The summed E-state index contributed by atoms with van der Waals surface area (Å²) in [6, 6.07) is 11.9. The van der Waals surface area contributed by atoms with E-state index < -0.39 is 15.7 Å². The monoisotopic (exact) mass is 472 g/mol. The average Bonchev–Trinajstić information content (AvgIpc) is 3.15. The van der Waals surface area contributed by atoms with Crippen molar-refractivity contribution in [2.75, 3.05) is 12.9 Å². The van der Waals surface area contributed by atoms with Gasteiger partial charge in [0.2, 0.25) is 5.88 Å². The van der Waals surface area contributed by atoms with Crippen molar-refractivity contribution in [1.29, 1.82) is 0 Å². The lowest BCUT2D eigenvalue weighted by Crippen LogP contribution is -2.12. The van der Waals surface area contributed by atoms with Gasteiger partial charge in [0, 0.05) is 24.7 Å². The Morgan fingerprint density at radius 3 is 2.06 bits per heavy atom. The van der Waals surface area contributed by atoms with Gasteiger partial charge in [-0.05, 0) is 42.0 Å². The van der Waals surface area contributed by atoms with E-state index >= 15 is 0 Å². The van der Waals surface area contributed by atoms with Gasteiger partial charge >= 0.3 is 0 Å². The van der Waals surface area contributed by atoms with E-state index in [2.05, 4.69) is 5.10 Å². The van der Waals surface area contributed by atoms with Crippen molar-refractivity contribution in [2.45, 2.75) is 38.1 Å². The zero-order chi connectivity index (χ0) is 24.2. The van der Waals surface area contributed by atoms with E-state index in [9.17, 15) is 22.4 Å². The number of sulfone groups is 1. The normalized spacial score (nSPS) is 11.4. The molecule has 0 saturated carbocycles. The second-order valence-electron chi connectivity index (χ2n) is 7.56. The highest BCUT2D eigenvalue weighted by Crippen LogP contribution is 2.40. The lowest BCUT2D eigenvalue weighted by Gasteiger charge is -2.10. The largest absolute Gasteiger partial charge is 0.468 e. The Morgan fingerprint density at radius 2 is 1.52 bits per heavy atom. The fraction of sp³-hybridized carbons (Fsp3) is 0.292. The molecule has 1 heterocycles. The molecule has 0 saturated heterocycles. The van der Waals surface area contributed by atoms with Crippen LogP contribution >= 0.6 is 0 Å². The Morgan fingerprint density at radius 1 is 0.939 bits per heavy atom. The molecule has 0 fully saturated rings. The van der Waals surface area contributed by atoms with Gasteiger partial charge in [-0.15, -0.1) is 5.10 Å². The molecule has 0 spiro atoms. The number of halogens is 1. The van der Waals surface area contributed by atoms with Crippen LogP contribution in [0.4, 0.5) is 4.39 Å². The second kappa shape index (κ2) is 10.1. The van der Waals surface area contributed by atoms with Crippen LogP contribution in [0.3, 0.4) is 0 Å². The van der Waals surface area contributed by atoms with E-state index in [0.29, 0.717) is 28.8 Å².